The van der Waals surface area contributed by atoms with Gasteiger partial charge in [0.1, 0.15) is 13.2 Å². The molecule has 0 bridgehead atoms. The van der Waals surface area contributed by atoms with Gasteiger partial charge in [-0.2, -0.15) is 0 Å². The van der Waals surface area contributed by atoms with Crippen molar-refractivity contribution in [3.8, 4) is 0 Å². The zero-order valence-corrected chi connectivity index (χ0v) is 56.5. The molecule has 490 valence electrons. The van der Waals surface area contributed by atoms with Crippen LogP contribution in [0.3, 0.4) is 0 Å². The highest BCUT2D eigenvalue weighted by atomic mass is 16.6. The fourth-order valence-corrected chi connectivity index (χ4v) is 11.8. The van der Waals surface area contributed by atoms with E-state index in [2.05, 4.69) is 45.1 Å². The maximum atomic E-state index is 13.0. The average Bonchev–Trinajstić information content (AvgIpc) is 3.49. The summed E-state index contributed by atoms with van der Waals surface area (Å²) >= 11 is 0. The SMILES string of the molecule is CCCCCC/C=C\C/C=C\CCCCCCCC(=O)OCC(COC(=O)CCCCCCCCCCCCCCCCCCCCCCCCCCCC)OC(=O)CCCCCCCCCCCCCCCCCCCCCCCCC. The minimum Gasteiger partial charge on any atom is -0.462 e. The molecule has 0 aliphatic rings. The molecule has 0 N–H and O–H groups in total. The zero-order chi connectivity index (χ0) is 59.9. The molecular weight excluding hydrogens is 1020 g/mol. The fourth-order valence-electron chi connectivity index (χ4n) is 11.8. The fraction of sp³-hybridized carbons (Fsp3) is 0.909. The molecule has 0 aromatic heterocycles. The Morgan fingerprint density at radius 2 is 0.434 bits per heavy atom. The molecule has 0 heterocycles. The predicted octanol–water partition coefficient (Wildman–Crippen LogP) is 26.1. The van der Waals surface area contributed by atoms with Crippen LogP contribution in [0, 0.1) is 0 Å². The molecule has 0 radical (unpaired) electrons. The quantitative estimate of drug-likeness (QED) is 0.0261. The van der Waals surface area contributed by atoms with Crippen molar-refractivity contribution in [2.75, 3.05) is 13.2 Å². The Labute approximate surface area is 519 Å². The summed E-state index contributed by atoms with van der Waals surface area (Å²) in [6, 6.07) is 0. The Morgan fingerprint density at radius 1 is 0.241 bits per heavy atom. The van der Waals surface area contributed by atoms with E-state index in [1.54, 1.807) is 0 Å². The van der Waals surface area contributed by atoms with Crippen LogP contribution >= 0.6 is 0 Å². The molecule has 0 fully saturated rings. The number of allylic oxidation sites excluding steroid dienone is 4. The van der Waals surface area contributed by atoms with Crippen LogP contribution in [0.2, 0.25) is 0 Å². The summed E-state index contributed by atoms with van der Waals surface area (Å²) in [5, 5.41) is 0. The van der Waals surface area contributed by atoms with Crippen molar-refractivity contribution in [1.82, 2.24) is 0 Å². The molecule has 0 amide bonds. The molecule has 1 atom stereocenters. The van der Waals surface area contributed by atoms with Gasteiger partial charge in [-0.25, -0.2) is 0 Å². The first-order valence-corrected chi connectivity index (χ1v) is 37.8. The monoisotopic (exact) mass is 1170 g/mol. The highest BCUT2D eigenvalue weighted by molar-refractivity contribution is 5.71. The average molecular weight is 1170 g/mol. The summed E-state index contributed by atoms with van der Waals surface area (Å²) in [6.45, 7) is 6.71. The maximum absolute atomic E-state index is 13.0. The number of ether oxygens (including phenoxy) is 3. The van der Waals surface area contributed by atoms with Crippen molar-refractivity contribution < 1.29 is 28.6 Å². The molecule has 0 saturated carbocycles. The van der Waals surface area contributed by atoms with Gasteiger partial charge in [-0.3, -0.25) is 14.4 Å². The first-order chi connectivity index (χ1) is 41.0. The van der Waals surface area contributed by atoms with Crippen LogP contribution in [0.25, 0.3) is 0 Å². The van der Waals surface area contributed by atoms with Gasteiger partial charge >= 0.3 is 17.9 Å². The lowest BCUT2D eigenvalue weighted by Gasteiger charge is -2.18. The predicted molar refractivity (Wildman–Crippen MR) is 363 cm³/mol. The Morgan fingerprint density at radius 3 is 0.675 bits per heavy atom. The second kappa shape index (κ2) is 72.4. The number of unbranched alkanes of at least 4 members (excludes halogenated alkanes) is 56. The Balaban J connectivity index is 4.24. The van der Waals surface area contributed by atoms with Gasteiger partial charge in [0.2, 0.25) is 0 Å². The van der Waals surface area contributed by atoms with Crippen molar-refractivity contribution in [3.63, 3.8) is 0 Å². The first kappa shape index (κ1) is 80.9. The summed E-state index contributed by atoms with van der Waals surface area (Å²) in [7, 11) is 0. The van der Waals surface area contributed by atoms with Gasteiger partial charge in [0.25, 0.3) is 0 Å². The number of rotatable bonds is 71. The largest absolute Gasteiger partial charge is 0.462 e. The van der Waals surface area contributed by atoms with Crippen LogP contribution < -0.4 is 0 Å². The minimum absolute atomic E-state index is 0.0689. The van der Waals surface area contributed by atoms with E-state index >= 15 is 0 Å². The van der Waals surface area contributed by atoms with E-state index in [1.807, 2.05) is 0 Å². The van der Waals surface area contributed by atoms with Gasteiger partial charge in [-0.05, 0) is 51.4 Å². The van der Waals surface area contributed by atoms with E-state index in [4.69, 9.17) is 14.2 Å². The summed E-state index contributed by atoms with van der Waals surface area (Å²) in [4.78, 5) is 38.5. The van der Waals surface area contributed by atoms with E-state index in [0.717, 1.165) is 77.0 Å². The van der Waals surface area contributed by atoms with Crippen LogP contribution in [0.4, 0.5) is 0 Å². The van der Waals surface area contributed by atoms with E-state index in [9.17, 15) is 14.4 Å². The number of carbonyl (C=O) groups excluding carboxylic acids is 3. The van der Waals surface area contributed by atoms with E-state index in [-0.39, 0.29) is 31.1 Å². The third-order valence-corrected chi connectivity index (χ3v) is 17.5. The molecule has 0 rings (SSSR count). The summed E-state index contributed by atoms with van der Waals surface area (Å²) in [5.41, 5.74) is 0. The maximum Gasteiger partial charge on any atom is 0.306 e. The number of esters is 3. The normalized spacial score (nSPS) is 12.1. The topological polar surface area (TPSA) is 78.9 Å². The molecule has 0 aliphatic carbocycles. The van der Waals surface area contributed by atoms with Gasteiger partial charge in [0.15, 0.2) is 6.10 Å². The molecule has 0 spiro atoms. The standard InChI is InChI=1S/C77H146O6/c1-4-7-10-13-16-19-22-25-28-31-33-35-37-38-39-41-42-44-46-49-52-55-58-61-64-67-70-76(79)82-73-74(72-81-75(78)69-66-63-60-57-54-51-48-30-27-24-21-18-15-12-9-6-3)83-77(80)71-68-65-62-59-56-53-50-47-45-43-40-36-34-32-29-26-23-20-17-14-11-8-5-2/h21,24,30,48,74H,4-20,22-23,25-29,31-47,49-73H2,1-3H3/b24-21-,48-30-. The van der Waals surface area contributed by atoms with Crippen molar-refractivity contribution in [3.05, 3.63) is 24.3 Å². The van der Waals surface area contributed by atoms with E-state index in [0.29, 0.717) is 19.3 Å². The number of hydrogen-bond donors (Lipinski definition) is 0. The van der Waals surface area contributed by atoms with Crippen molar-refractivity contribution >= 4 is 17.9 Å². The van der Waals surface area contributed by atoms with Crippen molar-refractivity contribution in [2.24, 2.45) is 0 Å². The molecule has 0 aromatic carbocycles. The molecular formula is C77H146O6. The third-order valence-electron chi connectivity index (χ3n) is 17.5. The van der Waals surface area contributed by atoms with Crippen LogP contribution in [0.1, 0.15) is 432 Å². The van der Waals surface area contributed by atoms with E-state index < -0.39 is 6.10 Å². The van der Waals surface area contributed by atoms with Gasteiger partial charge in [-0.15, -0.1) is 0 Å². The Kier molecular flexibility index (Phi) is 70.5. The lowest BCUT2D eigenvalue weighted by atomic mass is 10.0. The van der Waals surface area contributed by atoms with E-state index in [1.165, 1.54) is 315 Å². The molecule has 6 nitrogen and oxygen atoms in total. The second-order valence-electron chi connectivity index (χ2n) is 25.9. The molecule has 83 heavy (non-hydrogen) atoms. The van der Waals surface area contributed by atoms with Crippen LogP contribution in [0.5, 0.6) is 0 Å². The lowest BCUT2D eigenvalue weighted by Crippen LogP contribution is -2.30. The van der Waals surface area contributed by atoms with Crippen LogP contribution in [-0.2, 0) is 28.6 Å². The van der Waals surface area contributed by atoms with Crippen LogP contribution in [-0.4, -0.2) is 37.2 Å². The highest BCUT2D eigenvalue weighted by Crippen LogP contribution is 2.20. The zero-order valence-electron chi connectivity index (χ0n) is 56.5. The van der Waals surface area contributed by atoms with Crippen molar-refractivity contribution in [2.45, 2.75) is 438 Å². The molecule has 0 aliphatic heterocycles. The molecule has 6 heteroatoms. The molecule has 0 aromatic rings. The highest BCUT2D eigenvalue weighted by Gasteiger charge is 2.20. The van der Waals surface area contributed by atoms with Gasteiger partial charge in [0, 0.05) is 19.3 Å². The van der Waals surface area contributed by atoms with Crippen LogP contribution in [0.15, 0.2) is 24.3 Å². The Bertz CT molecular complexity index is 1340. The minimum atomic E-state index is -0.775. The van der Waals surface area contributed by atoms with Gasteiger partial charge < -0.3 is 14.2 Å². The third kappa shape index (κ3) is 70.5. The van der Waals surface area contributed by atoms with Gasteiger partial charge in [-0.1, -0.05) is 385 Å². The smallest absolute Gasteiger partial charge is 0.306 e. The molecule has 0 saturated heterocycles. The van der Waals surface area contributed by atoms with Crippen molar-refractivity contribution in [1.29, 1.82) is 0 Å². The number of hydrogen-bond acceptors (Lipinski definition) is 6. The Hall–Kier alpha value is -2.11. The summed E-state index contributed by atoms with van der Waals surface area (Å²) in [5.74, 6) is -0.846. The second-order valence-corrected chi connectivity index (χ2v) is 25.9. The summed E-state index contributed by atoms with van der Waals surface area (Å²) in [6.07, 6.45) is 89.4. The number of carbonyl (C=O) groups is 3. The summed E-state index contributed by atoms with van der Waals surface area (Å²) < 4.78 is 17.0. The molecule has 1 unspecified atom stereocenters. The van der Waals surface area contributed by atoms with Gasteiger partial charge in [0.05, 0.1) is 0 Å². The lowest BCUT2D eigenvalue weighted by molar-refractivity contribution is -0.167. The first-order valence-electron chi connectivity index (χ1n) is 37.8.